The largest absolute Gasteiger partial charge is 0.462 e. The molecule has 1 atom stereocenters. The van der Waals surface area contributed by atoms with Gasteiger partial charge >= 0.3 is 5.97 Å². The van der Waals surface area contributed by atoms with Crippen molar-refractivity contribution in [2.45, 2.75) is 26.3 Å². The lowest BCUT2D eigenvalue weighted by molar-refractivity contribution is -0.673. The smallest absolute Gasteiger partial charge is 0.364 e. The van der Waals surface area contributed by atoms with E-state index in [-0.39, 0.29) is 17.8 Å². The third-order valence-corrected chi connectivity index (χ3v) is 2.65. The van der Waals surface area contributed by atoms with Crippen LogP contribution in [0.15, 0.2) is 30.3 Å². The summed E-state index contributed by atoms with van der Waals surface area (Å²) in [5.74, 6) is -0.132. The fourth-order valence-corrected chi connectivity index (χ4v) is 1.60. The number of Topliss-reactive ketones (excluding diaryl/α,β-unsaturated/α-hetero) is 1. The molecule has 0 aliphatic rings. The predicted octanol–water partition coefficient (Wildman–Crippen LogP) is 0.774. The standard InChI is InChI=1S/C14H19NO3/c1-3-18-14(17)11(2)15-10-9-13(16)12-7-5-4-6-8-12/h4-8,11,15H,3,9-10H2,1-2H3/p+1. The average Bonchev–Trinajstić information content (AvgIpc) is 2.39. The van der Waals surface area contributed by atoms with Crippen molar-refractivity contribution in [2.24, 2.45) is 0 Å². The summed E-state index contributed by atoms with van der Waals surface area (Å²) in [5.41, 5.74) is 0.717. The normalized spacial score (nSPS) is 11.9. The second-order valence-electron chi connectivity index (χ2n) is 4.10. The zero-order chi connectivity index (χ0) is 13.4. The van der Waals surface area contributed by atoms with Gasteiger partial charge in [0.1, 0.15) is 0 Å². The molecule has 1 aromatic carbocycles. The number of carbonyl (C=O) groups is 2. The molecule has 98 valence electrons. The van der Waals surface area contributed by atoms with E-state index in [1.165, 1.54) is 0 Å². The zero-order valence-electron chi connectivity index (χ0n) is 10.9. The molecule has 0 spiro atoms. The Bertz CT molecular complexity index is 389. The van der Waals surface area contributed by atoms with Crippen LogP contribution in [0.1, 0.15) is 30.6 Å². The average molecular weight is 250 g/mol. The number of benzene rings is 1. The molecule has 0 amide bonds. The van der Waals surface area contributed by atoms with Gasteiger partial charge in [-0.15, -0.1) is 0 Å². The number of ketones is 1. The lowest BCUT2D eigenvalue weighted by Crippen LogP contribution is -2.91. The number of rotatable bonds is 7. The van der Waals surface area contributed by atoms with E-state index in [2.05, 4.69) is 0 Å². The Hall–Kier alpha value is -1.68. The van der Waals surface area contributed by atoms with Crippen LogP contribution >= 0.6 is 0 Å². The van der Waals surface area contributed by atoms with E-state index in [4.69, 9.17) is 4.74 Å². The van der Waals surface area contributed by atoms with Gasteiger partial charge in [-0.1, -0.05) is 30.3 Å². The number of ether oxygens (including phenoxy) is 1. The van der Waals surface area contributed by atoms with Crippen LogP contribution in [0.2, 0.25) is 0 Å². The van der Waals surface area contributed by atoms with Crippen LogP contribution in [0.25, 0.3) is 0 Å². The molecule has 1 rings (SSSR count). The number of esters is 1. The van der Waals surface area contributed by atoms with Crippen LogP contribution in [0.3, 0.4) is 0 Å². The van der Waals surface area contributed by atoms with Gasteiger partial charge in [-0.25, -0.2) is 4.79 Å². The van der Waals surface area contributed by atoms with Gasteiger partial charge in [0, 0.05) is 5.56 Å². The summed E-state index contributed by atoms with van der Waals surface area (Å²) in [5, 5.41) is 1.83. The summed E-state index contributed by atoms with van der Waals surface area (Å²) >= 11 is 0. The quantitative estimate of drug-likeness (QED) is 0.574. The molecule has 0 heterocycles. The SMILES string of the molecule is CCOC(=O)C(C)[NH2+]CCC(=O)c1ccccc1. The van der Waals surface area contributed by atoms with Crippen LogP contribution in [0.4, 0.5) is 0 Å². The second kappa shape index (κ2) is 7.61. The molecule has 0 radical (unpaired) electrons. The van der Waals surface area contributed by atoms with E-state index in [1.54, 1.807) is 26.0 Å². The van der Waals surface area contributed by atoms with Gasteiger partial charge in [0.15, 0.2) is 11.8 Å². The molecule has 0 saturated heterocycles. The van der Waals surface area contributed by atoms with Gasteiger partial charge in [-0.05, 0) is 13.8 Å². The van der Waals surface area contributed by atoms with Gasteiger partial charge in [0.2, 0.25) is 0 Å². The maximum atomic E-state index is 11.8. The van der Waals surface area contributed by atoms with Crippen molar-refractivity contribution in [3.8, 4) is 0 Å². The Morgan fingerprint density at radius 2 is 1.94 bits per heavy atom. The van der Waals surface area contributed by atoms with E-state index in [0.29, 0.717) is 19.6 Å². The molecule has 18 heavy (non-hydrogen) atoms. The fourth-order valence-electron chi connectivity index (χ4n) is 1.60. The Morgan fingerprint density at radius 3 is 2.56 bits per heavy atom. The minimum absolute atomic E-state index is 0.0999. The zero-order valence-corrected chi connectivity index (χ0v) is 10.9. The third-order valence-electron chi connectivity index (χ3n) is 2.65. The molecule has 4 nitrogen and oxygen atoms in total. The Morgan fingerprint density at radius 1 is 1.28 bits per heavy atom. The predicted molar refractivity (Wildman–Crippen MR) is 68.3 cm³/mol. The van der Waals surface area contributed by atoms with Gasteiger partial charge in [0.05, 0.1) is 19.6 Å². The van der Waals surface area contributed by atoms with Gasteiger partial charge in [-0.2, -0.15) is 0 Å². The highest BCUT2D eigenvalue weighted by Gasteiger charge is 2.17. The summed E-state index contributed by atoms with van der Waals surface area (Å²) in [6.45, 7) is 4.54. The van der Waals surface area contributed by atoms with E-state index < -0.39 is 0 Å². The van der Waals surface area contributed by atoms with E-state index >= 15 is 0 Å². The Kier molecular flexibility index (Phi) is 6.08. The van der Waals surface area contributed by atoms with Crippen molar-refractivity contribution in [1.29, 1.82) is 0 Å². The van der Waals surface area contributed by atoms with Crippen LogP contribution in [-0.2, 0) is 9.53 Å². The molecule has 0 aliphatic heterocycles. The van der Waals surface area contributed by atoms with E-state index in [0.717, 1.165) is 5.56 Å². The first-order valence-corrected chi connectivity index (χ1v) is 6.23. The lowest BCUT2D eigenvalue weighted by atomic mass is 10.1. The number of nitrogens with two attached hydrogens (primary N) is 1. The first-order valence-electron chi connectivity index (χ1n) is 6.23. The first-order chi connectivity index (χ1) is 8.65. The van der Waals surface area contributed by atoms with Crippen molar-refractivity contribution in [3.63, 3.8) is 0 Å². The summed E-state index contributed by atoms with van der Waals surface area (Å²) < 4.78 is 4.89. The van der Waals surface area contributed by atoms with Crippen molar-refractivity contribution >= 4 is 11.8 Å². The lowest BCUT2D eigenvalue weighted by Gasteiger charge is -2.09. The molecule has 2 N–H and O–H groups in total. The summed E-state index contributed by atoms with van der Waals surface area (Å²) in [4.78, 5) is 23.1. The molecule has 0 bridgehead atoms. The Labute approximate surface area is 107 Å². The minimum atomic E-state index is -0.256. The minimum Gasteiger partial charge on any atom is -0.462 e. The van der Waals surface area contributed by atoms with Crippen LogP contribution < -0.4 is 5.32 Å². The van der Waals surface area contributed by atoms with Gasteiger partial charge in [0.25, 0.3) is 0 Å². The van der Waals surface area contributed by atoms with Crippen LogP contribution in [0, 0.1) is 0 Å². The van der Waals surface area contributed by atoms with Gasteiger partial charge in [-0.3, -0.25) is 4.79 Å². The summed E-state index contributed by atoms with van der Waals surface area (Å²) in [6.07, 6.45) is 0.424. The molecule has 1 unspecified atom stereocenters. The highest BCUT2D eigenvalue weighted by molar-refractivity contribution is 5.96. The molecule has 4 heteroatoms. The highest BCUT2D eigenvalue weighted by atomic mass is 16.5. The fraction of sp³-hybridized carbons (Fsp3) is 0.429. The topological polar surface area (TPSA) is 60.0 Å². The Balaban J connectivity index is 2.30. The van der Waals surface area contributed by atoms with Crippen molar-refractivity contribution in [1.82, 2.24) is 0 Å². The second-order valence-corrected chi connectivity index (χ2v) is 4.10. The van der Waals surface area contributed by atoms with E-state index in [9.17, 15) is 9.59 Å². The number of quaternary nitrogens is 1. The summed E-state index contributed by atoms with van der Waals surface area (Å²) in [7, 11) is 0. The van der Waals surface area contributed by atoms with Crippen molar-refractivity contribution in [3.05, 3.63) is 35.9 Å². The first kappa shape index (κ1) is 14.4. The molecule has 0 fully saturated rings. The molecule has 0 saturated carbocycles. The molecular formula is C14H20NO3+. The molecule has 1 aromatic rings. The van der Waals surface area contributed by atoms with Crippen molar-refractivity contribution < 1.29 is 19.6 Å². The monoisotopic (exact) mass is 250 g/mol. The van der Waals surface area contributed by atoms with Gasteiger partial charge < -0.3 is 10.1 Å². The van der Waals surface area contributed by atoms with Crippen LogP contribution in [0.5, 0.6) is 0 Å². The van der Waals surface area contributed by atoms with Crippen LogP contribution in [-0.4, -0.2) is 30.9 Å². The maximum Gasteiger partial charge on any atom is 0.364 e. The van der Waals surface area contributed by atoms with Crippen molar-refractivity contribution in [2.75, 3.05) is 13.2 Å². The number of carbonyl (C=O) groups excluding carboxylic acids is 2. The van der Waals surface area contributed by atoms with E-state index in [1.807, 2.05) is 23.5 Å². The molecule has 0 aliphatic carbocycles. The molecular weight excluding hydrogens is 230 g/mol. The maximum absolute atomic E-state index is 11.8. The number of hydrogen-bond acceptors (Lipinski definition) is 3. The molecule has 0 aromatic heterocycles. The summed E-state index contributed by atoms with van der Waals surface area (Å²) in [6, 6.07) is 8.92. The third kappa shape index (κ3) is 4.67. The number of hydrogen-bond donors (Lipinski definition) is 1. The highest BCUT2D eigenvalue weighted by Crippen LogP contribution is 2.01.